The summed E-state index contributed by atoms with van der Waals surface area (Å²) < 4.78 is 52.5. The van der Waals surface area contributed by atoms with Crippen molar-refractivity contribution in [1.29, 1.82) is 0 Å². The highest BCUT2D eigenvalue weighted by atomic mass is 79.9. The van der Waals surface area contributed by atoms with Gasteiger partial charge in [0.1, 0.15) is 16.5 Å². The average Bonchev–Trinajstić information content (AvgIpc) is 2.13. The second kappa shape index (κ2) is 5.20. The molecule has 1 rings (SSSR count). The van der Waals surface area contributed by atoms with E-state index in [1.54, 1.807) is 13.8 Å². The largest absolute Gasteiger partial charge is 0.329 e. The van der Waals surface area contributed by atoms with Gasteiger partial charge in [-0.15, -0.1) is 0 Å². The highest BCUT2D eigenvalue weighted by Gasteiger charge is 2.29. The Morgan fingerprint density at radius 3 is 2.39 bits per heavy atom. The summed E-state index contributed by atoms with van der Waals surface area (Å²) in [6, 6.07) is 1.39. The van der Waals surface area contributed by atoms with Gasteiger partial charge in [0.25, 0.3) is 0 Å². The molecule has 0 aliphatic carbocycles. The molecule has 0 radical (unpaired) electrons. The summed E-state index contributed by atoms with van der Waals surface area (Å²) in [7, 11) is -4.13. The van der Waals surface area contributed by atoms with Gasteiger partial charge in [-0.1, -0.05) is 0 Å². The minimum atomic E-state index is -4.13. The molecule has 0 atom stereocenters. The van der Waals surface area contributed by atoms with Crippen molar-refractivity contribution in [1.82, 2.24) is 4.72 Å². The van der Waals surface area contributed by atoms with E-state index in [4.69, 9.17) is 5.73 Å². The summed E-state index contributed by atoms with van der Waals surface area (Å²) in [6.45, 7) is 3.15. The van der Waals surface area contributed by atoms with E-state index in [1.165, 1.54) is 0 Å². The third kappa shape index (κ3) is 3.47. The Kier molecular flexibility index (Phi) is 4.47. The van der Waals surface area contributed by atoms with Crippen LogP contribution in [0.3, 0.4) is 0 Å². The lowest BCUT2D eigenvalue weighted by atomic mass is 10.1. The Bertz CT molecular complexity index is 538. The molecule has 0 unspecified atom stereocenters. The molecule has 0 amide bonds. The minimum absolute atomic E-state index is 0.0344. The Morgan fingerprint density at radius 2 is 1.94 bits per heavy atom. The smallest absolute Gasteiger partial charge is 0.245 e. The Balaban J connectivity index is 3.30. The molecule has 0 aliphatic rings. The molecule has 18 heavy (non-hydrogen) atoms. The Morgan fingerprint density at radius 1 is 1.39 bits per heavy atom. The molecule has 0 saturated heterocycles. The van der Waals surface area contributed by atoms with Gasteiger partial charge in [-0.05, 0) is 35.8 Å². The van der Waals surface area contributed by atoms with Crippen LogP contribution in [-0.2, 0) is 10.0 Å². The SMILES string of the molecule is CC(C)(CN)NS(=O)(=O)c1c(F)cc(F)cc1Br. The summed E-state index contributed by atoms with van der Waals surface area (Å²) in [6.07, 6.45) is 0. The van der Waals surface area contributed by atoms with Gasteiger partial charge in [0.2, 0.25) is 10.0 Å². The predicted octanol–water partition coefficient (Wildman–Crippen LogP) is 1.74. The highest BCUT2D eigenvalue weighted by Crippen LogP contribution is 2.27. The van der Waals surface area contributed by atoms with Crippen molar-refractivity contribution in [2.24, 2.45) is 5.73 Å². The number of rotatable bonds is 4. The number of nitrogens with two attached hydrogens (primary N) is 1. The van der Waals surface area contributed by atoms with Gasteiger partial charge in [-0.3, -0.25) is 0 Å². The van der Waals surface area contributed by atoms with E-state index in [0.717, 1.165) is 6.07 Å². The monoisotopic (exact) mass is 342 g/mol. The van der Waals surface area contributed by atoms with Crippen molar-refractivity contribution in [2.45, 2.75) is 24.3 Å². The van der Waals surface area contributed by atoms with E-state index in [2.05, 4.69) is 20.7 Å². The maximum absolute atomic E-state index is 13.6. The zero-order valence-corrected chi connectivity index (χ0v) is 12.2. The first-order valence-corrected chi connectivity index (χ1v) is 7.25. The van der Waals surface area contributed by atoms with Gasteiger partial charge in [0.15, 0.2) is 0 Å². The molecule has 3 N–H and O–H groups in total. The van der Waals surface area contributed by atoms with E-state index >= 15 is 0 Å². The highest BCUT2D eigenvalue weighted by molar-refractivity contribution is 9.10. The maximum Gasteiger partial charge on any atom is 0.245 e. The normalized spacial score (nSPS) is 12.8. The number of sulfonamides is 1. The van der Waals surface area contributed by atoms with Gasteiger partial charge in [0.05, 0.1) is 0 Å². The van der Waals surface area contributed by atoms with Crippen LogP contribution >= 0.6 is 15.9 Å². The molecule has 0 aromatic heterocycles. The fraction of sp³-hybridized carbons (Fsp3) is 0.400. The molecular formula is C10H13BrF2N2O2S. The molecule has 0 saturated carbocycles. The maximum atomic E-state index is 13.6. The quantitative estimate of drug-likeness (QED) is 0.875. The van der Waals surface area contributed by atoms with Crippen molar-refractivity contribution in [2.75, 3.05) is 6.54 Å². The van der Waals surface area contributed by atoms with E-state index in [9.17, 15) is 17.2 Å². The van der Waals surface area contributed by atoms with Crippen molar-refractivity contribution in [3.63, 3.8) is 0 Å². The molecule has 1 aromatic carbocycles. The molecule has 0 aliphatic heterocycles. The number of hydrogen-bond acceptors (Lipinski definition) is 3. The van der Waals surface area contributed by atoms with Crippen LogP contribution < -0.4 is 10.5 Å². The zero-order chi connectivity index (χ0) is 14.1. The van der Waals surface area contributed by atoms with Crippen LogP contribution in [-0.4, -0.2) is 20.5 Å². The first-order chi connectivity index (χ1) is 8.09. The molecule has 0 bridgehead atoms. The van der Waals surface area contributed by atoms with Crippen LogP contribution in [0.5, 0.6) is 0 Å². The van der Waals surface area contributed by atoms with Crippen LogP contribution in [0.2, 0.25) is 0 Å². The molecule has 0 heterocycles. The van der Waals surface area contributed by atoms with Gasteiger partial charge in [-0.25, -0.2) is 21.9 Å². The van der Waals surface area contributed by atoms with Gasteiger partial charge in [0, 0.05) is 22.6 Å². The van der Waals surface area contributed by atoms with Crippen molar-refractivity contribution < 1.29 is 17.2 Å². The first kappa shape index (κ1) is 15.5. The first-order valence-electron chi connectivity index (χ1n) is 4.98. The molecule has 0 fully saturated rings. The molecule has 8 heteroatoms. The predicted molar refractivity (Wildman–Crippen MR) is 67.5 cm³/mol. The molecule has 1 aromatic rings. The number of hydrogen-bond donors (Lipinski definition) is 2. The van der Waals surface area contributed by atoms with Crippen molar-refractivity contribution >= 4 is 26.0 Å². The lowest BCUT2D eigenvalue weighted by Gasteiger charge is -2.24. The van der Waals surface area contributed by atoms with E-state index in [-0.39, 0.29) is 11.0 Å². The zero-order valence-electron chi connectivity index (χ0n) is 9.80. The third-order valence-corrected chi connectivity index (χ3v) is 4.81. The van der Waals surface area contributed by atoms with Crippen molar-refractivity contribution in [3.8, 4) is 0 Å². The number of benzene rings is 1. The third-order valence-electron chi connectivity index (χ3n) is 2.15. The average molecular weight is 343 g/mol. The Labute approximate surface area is 113 Å². The van der Waals surface area contributed by atoms with Crippen LogP contribution in [0.4, 0.5) is 8.78 Å². The van der Waals surface area contributed by atoms with Crippen LogP contribution in [0.1, 0.15) is 13.8 Å². The van der Waals surface area contributed by atoms with Crippen LogP contribution in [0.25, 0.3) is 0 Å². The standard InChI is InChI=1S/C10H13BrF2N2O2S/c1-10(2,5-14)15-18(16,17)9-7(11)3-6(12)4-8(9)13/h3-4,15H,5,14H2,1-2H3. The van der Waals surface area contributed by atoms with E-state index in [0.29, 0.717) is 6.07 Å². The number of halogens is 3. The molecule has 102 valence electrons. The topological polar surface area (TPSA) is 72.2 Å². The van der Waals surface area contributed by atoms with Crippen LogP contribution in [0, 0.1) is 11.6 Å². The molecular weight excluding hydrogens is 330 g/mol. The minimum Gasteiger partial charge on any atom is -0.329 e. The summed E-state index contributed by atoms with van der Waals surface area (Å²) in [5, 5.41) is 0. The summed E-state index contributed by atoms with van der Waals surface area (Å²) >= 11 is 2.83. The van der Waals surface area contributed by atoms with Gasteiger partial charge < -0.3 is 5.73 Å². The molecule has 4 nitrogen and oxygen atoms in total. The van der Waals surface area contributed by atoms with E-state index in [1.807, 2.05) is 0 Å². The van der Waals surface area contributed by atoms with Crippen molar-refractivity contribution in [3.05, 3.63) is 28.2 Å². The molecule has 0 spiro atoms. The van der Waals surface area contributed by atoms with E-state index < -0.39 is 32.1 Å². The van der Waals surface area contributed by atoms with Gasteiger partial charge >= 0.3 is 0 Å². The summed E-state index contributed by atoms with van der Waals surface area (Å²) in [5.41, 5.74) is 4.47. The summed E-state index contributed by atoms with van der Waals surface area (Å²) in [5.74, 6) is -2.03. The Hall–Kier alpha value is -0.570. The second-order valence-electron chi connectivity index (χ2n) is 4.39. The van der Waals surface area contributed by atoms with Crippen LogP contribution in [0.15, 0.2) is 21.5 Å². The fourth-order valence-electron chi connectivity index (χ4n) is 1.24. The lowest BCUT2D eigenvalue weighted by Crippen LogP contribution is -2.48. The summed E-state index contributed by atoms with van der Waals surface area (Å²) in [4.78, 5) is -0.634. The number of nitrogens with one attached hydrogen (secondary N) is 1. The lowest BCUT2D eigenvalue weighted by molar-refractivity contribution is 0.458. The van der Waals surface area contributed by atoms with Gasteiger partial charge in [-0.2, -0.15) is 0 Å². The fourth-order valence-corrected chi connectivity index (χ4v) is 3.83. The second-order valence-corrected chi connectivity index (χ2v) is 6.87.